The molecule has 0 radical (unpaired) electrons. The monoisotopic (exact) mass is 247 g/mol. The first-order valence-corrected chi connectivity index (χ1v) is 5.34. The zero-order chi connectivity index (χ0) is 13.3. The molecule has 0 aliphatic heterocycles. The number of nitrogens with zero attached hydrogens (tertiary/aromatic N) is 1. The van der Waals surface area contributed by atoms with Gasteiger partial charge in [-0.1, -0.05) is 11.6 Å². The zero-order valence-corrected chi connectivity index (χ0v) is 10.4. The van der Waals surface area contributed by atoms with E-state index in [2.05, 4.69) is 9.72 Å². The van der Waals surface area contributed by atoms with E-state index in [9.17, 15) is 9.90 Å². The third kappa shape index (κ3) is 1.84. The van der Waals surface area contributed by atoms with Crippen LogP contribution < -0.4 is 4.74 Å². The van der Waals surface area contributed by atoms with Crippen LogP contribution in [0.15, 0.2) is 18.2 Å². The van der Waals surface area contributed by atoms with Crippen molar-refractivity contribution in [3.05, 3.63) is 29.3 Å². The number of aromatic nitrogens is 1. The molecule has 1 N–H and O–H groups in total. The Morgan fingerprint density at radius 3 is 2.67 bits per heavy atom. The maximum Gasteiger partial charge on any atom is 0.342 e. The van der Waals surface area contributed by atoms with Crippen LogP contribution >= 0.6 is 0 Å². The van der Waals surface area contributed by atoms with Crippen molar-refractivity contribution in [2.45, 2.75) is 6.92 Å². The second-order valence-electron chi connectivity index (χ2n) is 3.86. The Balaban J connectivity index is 2.87. The van der Waals surface area contributed by atoms with Crippen LogP contribution in [0.1, 0.15) is 15.9 Å². The summed E-state index contributed by atoms with van der Waals surface area (Å²) in [7, 11) is 2.64. The summed E-state index contributed by atoms with van der Waals surface area (Å²) in [4.78, 5) is 15.9. The first-order chi connectivity index (χ1) is 8.58. The highest BCUT2D eigenvalue weighted by atomic mass is 16.5. The molecule has 0 atom stereocenters. The smallest absolute Gasteiger partial charge is 0.342 e. The Morgan fingerprint density at radius 1 is 1.33 bits per heavy atom. The van der Waals surface area contributed by atoms with E-state index in [4.69, 9.17) is 4.74 Å². The third-order valence-electron chi connectivity index (χ3n) is 2.67. The van der Waals surface area contributed by atoms with Gasteiger partial charge in [0.05, 0.1) is 19.7 Å². The van der Waals surface area contributed by atoms with Gasteiger partial charge in [0.25, 0.3) is 5.88 Å². The fraction of sp³-hybridized carbons (Fsp3) is 0.231. The average molecular weight is 247 g/mol. The minimum atomic E-state index is -0.621. The van der Waals surface area contributed by atoms with Crippen LogP contribution in [0.25, 0.3) is 10.9 Å². The predicted molar refractivity (Wildman–Crippen MR) is 66.0 cm³/mol. The second kappa shape index (κ2) is 4.52. The molecule has 5 heteroatoms. The number of carbonyl (C=O) groups excluding carboxylic acids is 1. The minimum absolute atomic E-state index is 0.00625. The Hall–Kier alpha value is -2.30. The molecule has 0 unspecified atom stereocenters. The molecule has 5 nitrogen and oxygen atoms in total. The van der Waals surface area contributed by atoms with Crippen molar-refractivity contribution in [2.24, 2.45) is 0 Å². The summed E-state index contributed by atoms with van der Waals surface area (Å²) < 4.78 is 9.63. The first-order valence-electron chi connectivity index (χ1n) is 5.34. The molecule has 0 saturated heterocycles. The number of methoxy groups -OCH3 is 2. The molecule has 1 aromatic heterocycles. The van der Waals surface area contributed by atoms with Crippen molar-refractivity contribution < 1.29 is 19.4 Å². The van der Waals surface area contributed by atoms with Gasteiger partial charge in [-0.15, -0.1) is 0 Å². The lowest BCUT2D eigenvalue weighted by Gasteiger charge is -2.10. The molecule has 1 aromatic carbocycles. The van der Waals surface area contributed by atoms with E-state index < -0.39 is 5.97 Å². The predicted octanol–water partition coefficient (Wildman–Crippen LogP) is 2.04. The van der Waals surface area contributed by atoms with Gasteiger partial charge in [0.15, 0.2) is 5.75 Å². The van der Waals surface area contributed by atoms with E-state index in [1.54, 1.807) is 12.1 Å². The maximum absolute atomic E-state index is 11.8. The summed E-state index contributed by atoms with van der Waals surface area (Å²) in [5.41, 5.74) is 1.60. The van der Waals surface area contributed by atoms with Crippen molar-refractivity contribution in [1.29, 1.82) is 0 Å². The van der Waals surface area contributed by atoms with Gasteiger partial charge >= 0.3 is 5.97 Å². The quantitative estimate of drug-likeness (QED) is 0.822. The molecule has 1 heterocycles. The van der Waals surface area contributed by atoms with Crippen LogP contribution in [0.5, 0.6) is 11.6 Å². The number of hydrogen-bond acceptors (Lipinski definition) is 5. The van der Waals surface area contributed by atoms with Gasteiger partial charge in [-0.25, -0.2) is 9.78 Å². The van der Waals surface area contributed by atoms with Gasteiger partial charge in [-0.3, -0.25) is 0 Å². The summed E-state index contributed by atoms with van der Waals surface area (Å²) >= 11 is 0. The molecular formula is C13H13NO4. The number of carbonyl (C=O) groups is 1. The molecule has 94 valence electrons. The SMILES string of the molecule is COC(=O)c1c(O)c(OC)nc2ccc(C)cc12. The lowest BCUT2D eigenvalue weighted by atomic mass is 10.1. The number of benzene rings is 1. The normalized spacial score (nSPS) is 10.4. The zero-order valence-electron chi connectivity index (χ0n) is 10.4. The van der Waals surface area contributed by atoms with Crippen LogP contribution in [-0.4, -0.2) is 30.3 Å². The highest BCUT2D eigenvalue weighted by Gasteiger charge is 2.21. The summed E-state index contributed by atoms with van der Waals surface area (Å²) in [6, 6.07) is 5.40. The summed E-state index contributed by atoms with van der Waals surface area (Å²) in [5.74, 6) is -0.919. The molecule has 0 amide bonds. The highest BCUT2D eigenvalue weighted by molar-refractivity contribution is 6.06. The number of aryl methyl sites for hydroxylation is 1. The maximum atomic E-state index is 11.8. The van der Waals surface area contributed by atoms with Gasteiger partial charge in [-0.05, 0) is 19.1 Å². The number of hydrogen-bond donors (Lipinski definition) is 1. The third-order valence-corrected chi connectivity index (χ3v) is 2.67. The van der Waals surface area contributed by atoms with Crippen molar-refractivity contribution >= 4 is 16.9 Å². The lowest BCUT2D eigenvalue weighted by molar-refractivity contribution is 0.0599. The number of aromatic hydroxyl groups is 1. The van der Waals surface area contributed by atoms with Crippen LogP contribution in [0.2, 0.25) is 0 Å². The number of fused-ring (bicyclic) bond motifs is 1. The van der Waals surface area contributed by atoms with Gasteiger partial charge in [0, 0.05) is 5.39 Å². The van der Waals surface area contributed by atoms with E-state index in [1.165, 1.54) is 14.2 Å². The van der Waals surface area contributed by atoms with E-state index in [0.29, 0.717) is 10.9 Å². The number of rotatable bonds is 2. The molecule has 18 heavy (non-hydrogen) atoms. The van der Waals surface area contributed by atoms with Gasteiger partial charge in [0.1, 0.15) is 5.56 Å². The Kier molecular flexibility index (Phi) is 3.06. The first kappa shape index (κ1) is 12.2. The number of ether oxygens (including phenoxy) is 2. The van der Waals surface area contributed by atoms with E-state index in [-0.39, 0.29) is 17.2 Å². The van der Waals surface area contributed by atoms with Gasteiger partial charge < -0.3 is 14.6 Å². The molecule has 2 aromatic rings. The Bertz CT molecular complexity index is 622. The van der Waals surface area contributed by atoms with Crippen molar-refractivity contribution in [3.63, 3.8) is 0 Å². The van der Waals surface area contributed by atoms with Gasteiger partial charge in [-0.2, -0.15) is 0 Å². The largest absolute Gasteiger partial charge is 0.502 e. The van der Waals surface area contributed by atoms with E-state index in [0.717, 1.165) is 5.56 Å². The summed E-state index contributed by atoms with van der Waals surface area (Å²) in [6.45, 7) is 1.89. The van der Waals surface area contributed by atoms with Crippen LogP contribution in [-0.2, 0) is 4.74 Å². The summed E-state index contributed by atoms with van der Waals surface area (Å²) in [5, 5.41) is 10.5. The van der Waals surface area contributed by atoms with Crippen molar-refractivity contribution in [1.82, 2.24) is 4.98 Å². The topological polar surface area (TPSA) is 68.7 Å². The average Bonchev–Trinajstić information content (AvgIpc) is 2.37. The summed E-state index contributed by atoms with van der Waals surface area (Å²) in [6.07, 6.45) is 0. The Labute approximate surface area is 104 Å². The Morgan fingerprint density at radius 2 is 2.06 bits per heavy atom. The number of pyridine rings is 1. The molecule has 0 spiro atoms. The van der Waals surface area contributed by atoms with E-state index >= 15 is 0 Å². The molecule has 2 rings (SSSR count). The lowest BCUT2D eigenvalue weighted by Crippen LogP contribution is -2.05. The molecule has 0 aliphatic rings. The molecular weight excluding hydrogens is 234 g/mol. The molecule has 0 saturated carbocycles. The van der Waals surface area contributed by atoms with Crippen LogP contribution in [0, 0.1) is 6.92 Å². The standard InChI is InChI=1S/C13H13NO4/c1-7-4-5-9-8(6-7)10(13(16)18-3)11(15)12(14-9)17-2/h4-6,15H,1-3H3. The molecule has 0 fully saturated rings. The molecule has 0 aliphatic carbocycles. The number of esters is 1. The van der Waals surface area contributed by atoms with Crippen LogP contribution in [0.3, 0.4) is 0 Å². The fourth-order valence-corrected chi connectivity index (χ4v) is 1.80. The second-order valence-corrected chi connectivity index (χ2v) is 3.86. The fourth-order valence-electron chi connectivity index (χ4n) is 1.80. The minimum Gasteiger partial charge on any atom is -0.502 e. The van der Waals surface area contributed by atoms with Crippen molar-refractivity contribution in [2.75, 3.05) is 14.2 Å². The highest BCUT2D eigenvalue weighted by Crippen LogP contribution is 2.34. The van der Waals surface area contributed by atoms with Crippen molar-refractivity contribution in [3.8, 4) is 11.6 Å². The van der Waals surface area contributed by atoms with E-state index in [1.807, 2.05) is 13.0 Å². The van der Waals surface area contributed by atoms with Crippen LogP contribution in [0.4, 0.5) is 0 Å². The van der Waals surface area contributed by atoms with Gasteiger partial charge in [0.2, 0.25) is 0 Å². The molecule has 0 bridgehead atoms.